The van der Waals surface area contributed by atoms with E-state index in [9.17, 15) is 13.2 Å². The first-order valence-corrected chi connectivity index (χ1v) is 14.3. The predicted octanol–water partition coefficient (Wildman–Crippen LogP) is 4.07. The van der Waals surface area contributed by atoms with Gasteiger partial charge in [-0.15, -0.1) is 0 Å². The van der Waals surface area contributed by atoms with E-state index < -0.39 is 10.0 Å². The van der Waals surface area contributed by atoms with Crippen LogP contribution in [0.15, 0.2) is 83.8 Å². The van der Waals surface area contributed by atoms with Crippen LogP contribution in [0.1, 0.15) is 11.1 Å². The zero-order valence-electron chi connectivity index (χ0n) is 22.6. The van der Waals surface area contributed by atoms with Gasteiger partial charge in [-0.3, -0.25) is 14.0 Å². The Balaban J connectivity index is 1.49. The Bertz CT molecular complexity index is 1380. The van der Waals surface area contributed by atoms with Crippen LogP contribution < -0.4 is 13.8 Å². The Morgan fingerprint density at radius 2 is 1.62 bits per heavy atom. The monoisotopic (exact) mass is 549 g/mol. The average molecular weight is 550 g/mol. The van der Waals surface area contributed by atoms with Crippen molar-refractivity contribution in [1.29, 1.82) is 0 Å². The molecular formula is C30H35N3O5S. The van der Waals surface area contributed by atoms with Crippen molar-refractivity contribution < 1.29 is 22.7 Å². The molecule has 0 aromatic heterocycles. The van der Waals surface area contributed by atoms with Gasteiger partial charge in [-0.25, -0.2) is 8.42 Å². The first-order chi connectivity index (χ1) is 18.8. The zero-order chi connectivity index (χ0) is 27.8. The fourth-order valence-corrected chi connectivity index (χ4v) is 6.13. The van der Waals surface area contributed by atoms with Crippen molar-refractivity contribution in [2.75, 3.05) is 57.8 Å². The topological polar surface area (TPSA) is 79.4 Å². The van der Waals surface area contributed by atoms with Gasteiger partial charge >= 0.3 is 0 Å². The van der Waals surface area contributed by atoms with E-state index in [0.29, 0.717) is 37.6 Å². The molecule has 0 radical (unpaired) electrons. The molecule has 1 aliphatic heterocycles. The summed E-state index contributed by atoms with van der Waals surface area (Å²) >= 11 is 0. The number of hydrogen-bond acceptors (Lipinski definition) is 6. The van der Waals surface area contributed by atoms with E-state index in [-0.39, 0.29) is 23.1 Å². The quantitative estimate of drug-likeness (QED) is 0.380. The normalized spacial score (nSPS) is 14.4. The van der Waals surface area contributed by atoms with Crippen LogP contribution in [-0.4, -0.2) is 77.6 Å². The number of nitrogens with zero attached hydrogens (tertiary/aromatic N) is 3. The van der Waals surface area contributed by atoms with Crippen molar-refractivity contribution in [1.82, 2.24) is 9.80 Å². The number of sulfonamides is 1. The Morgan fingerprint density at radius 3 is 2.26 bits per heavy atom. The summed E-state index contributed by atoms with van der Waals surface area (Å²) in [5, 5.41) is 0. The maximum absolute atomic E-state index is 14.0. The number of benzene rings is 3. The molecule has 0 saturated carbocycles. The molecule has 4 rings (SSSR count). The number of ether oxygens (including phenoxy) is 2. The molecule has 1 heterocycles. The molecule has 206 valence electrons. The largest absolute Gasteiger partial charge is 0.497 e. The molecule has 8 nitrogen and oxygen atoms in total. The highest BCUT2D eigenvalue weighted by Gasteiger charge is 2.32. The Hall–Kier alpha value is -3.82. The molecule has 3 aromatic rings. The summed E-state index contributed by atoms with van der Waals surface area (Å²) in [6.07, 6.45) is 4.22. The van der Waals surface area contributed by atoms with Crippen molar-refractivity contribution in [3.8, 4) is 11.5 Å². The summed E-state index contributed by atoms with van der Waals surface area (Å²) in [5.74, 6) is 0.567. The second-order valence-electron chi connectivity index (χ2n) is 9.36. The van der Waals surface area contributed by atoms with E-state index in [1.807, 2.05) is 25.1 Å². The fraction of sp³-hybridized carbons (Fsp3) is 0.300. The highest BCUT2D eigenvalue weighted by molar-refractivity contribution is 7.93. The van der Waals surface area contributed by atoms with Gasteiger partial charge in [-0.1, -0.05) is 48.6 Å². The molecule has 1 amide bonds. The summed E-state index contributed by atoms with van der Waals surface area (Å²) in [6, 6.07) is 21.7. The number of aryl methyl sites for hydroxylation is 1. The van der Waals surface area contributed by atoms with Crippen LogP contribution in [-0.2, 0) is 14.8 Å². The maximum Gasteiger partial charge on any atom is 0.268 e. The lowest BCUT2D eigenvalue weighted by Crippen LogP contribution is -2.51. The van der Waals surface area contributed by atoms with E-state index in [1.54, 1.807) is 54.5 Å². The number of anilines is 1. The van der Waals surface area contributed by atoms with Crippen LogP contribution in [0.5, 0.6) is 11.5 Å². The third-order valence-electron chi connectivity index (χ3n) is 6.72. The molecule has 0 spiro atoms. The van der Waals surface area contributed by atoms with E-state index in [1.165, 1.54) is 7.11 Å². The van der Waals surface area contributed by atoms with Crippen LogP contribution in [0.2, 0.25) is 0 Å². The third kappa shape index (κ3) is 6.99. The molecule has 9 heteroatoms. The molecule has 1 aliphatic rings. The first kappa shape index (κ1) is 28.2. The van der Waals surface area contributed by atoms with E-state index in [2.05, 4.69) is 29.2 Å². The van der Waals surface area contributed by atoms with Gasteiger partial charge in [0, 0.05) is 32.7 Å². The number of rotatable bonds is 10. The molecule has 1 saturated heterocycles. The fourth-order valence-electron chi connectivity index (χ4n) is 4.47. The predicted molar refractivity (Wildman–Crippen MR) is 154 cm³/mol. The Morgan fingerprint density at radius 1 is 0.923 bits per heavy atom. The minimum atomic E-state index is -4.12. The van der Waals surface area contributed by atoms with Crippen LogP contribution in [0.3, 0.4) is 0 Å². The minimum Gasteiger partial charge on any atom is -0.497 e. The summed E-state index contributed by atoms with van der Waals surface area (Å²) in [7, 11) is -1.15. The second-order valence-corrected chi connectivity index (χ2v) is 11.2. The molecule has 39 heavy (non-hydrogen) atoms. The highest BCUT2D eigenvalue weighted by atomic mass is 32.2. The van der Waals surface area contributed by atoms with Gasteiger partial charge in [-0.05, 0) is 54.4 Å². The van der Waals surface area contributed by atoms with Crippen LogP contribution in [0, 0.1) is 6.92 Å². The van der Waals surface area contributed by atoms with Crippen molar-refractivity contribution in [2.24, 2.45) is 0 Å². The van der Waals surface area contributed by atoms with Crippen molar-refractivity contribution in [2.45, 2.75) is 11.8 Å². The summed E-state index contributed by atoms with van der Waals surface area (Å²) in [5.41, 5.74) is 2.29. The number of methoxy groups -OCH3 is 2. The minimum absolute atomic E-state index is 0.0173. The number of piperazine rings is 1. The second kappa shape index (κ2) is 12.8. The van der Waals surface area contributed by atoms with Crippen LogP contribution in [0.25, 0.3) is 6.08 Å². The smallest absolute Gasteiger partial charge is 0.268 e. The molecule has 0 unspecified atom stereocenters. The average Bonchev–Trinajstić information content (AvgIpc) is 2.96. The molecule has 0 aliphatic carbocycles. The summed E-state index contributed by atoms with van der Waals surface area (Å²) in [4.78, 5) is 17.5. The van der Waals surface area contributed by atoms with E-state index in [0.717, 1.165) is 22.0 Å². The number of amides is 1. The Kier molecular flexibility index (Phi) is 9.27. The van der Waals surface area contributed by atoms with E-state index in [4.69, 9.17) is 9.47 Å². The van der Waals surface area contributed by atoms with Crippen molar-refractivity contribution in [3.05, 3.63) is 90.0 Å². The standard InChI is InChI=1S/C30H35N3O5S/c1-24-11-16-28(38-3)29(22-24)39(35,36)33(26-12-14-27(37-2)15-13-26)23-30(34)32-20-18-31(19-21-32)17-7-10-25-8-5-4-6-9-25/h4-16,22H,17-21,23H2,1-3H3/b10-7+. The van der Waals surface area contributed by atoms with Gasteiger partial charge in [0.05, 0.1) is 19.9 Å². The zero-order valence-corrected chi connectivity index (χ0v) is 23.4. The van der Waals surface area contributed by atoms with Gasteiger partial charge in [-0.2, -0.15) is 0 Å². The SMILES string of the molecule is COc1ccc(N(CC(=O)N2CCN(C/C=C/c3ccccc3)CC2)S(=O)(=O)c2cc(C)ccc2OC)cc1. The van der Waals surface area contributed by atoms with Gasteiger partial charge < -0.3 is 14.4 Å². The number of carbonyl (C=O) groups is 1. The molecule has 3 aromatic carbocycles. The van der Waals surface area contributed by atoms with Gasteiger partial charge in [0.1, 0.15) is 22.9 Å². The highest BCUT2D eigenvalue weighted by Crippen LogP contribution is 2.31. The number of carbonyl (C=O) groups excluding carboxylic acids is 1. The van der Waals surface area contributed by atoms with Crippen molar-refractivity contribution in [3.63, 3.8) is 0 Å². The summed E-state index contributed by atoms with van der Waals surface area (Å²) < 4.78 is 39.7. The molecule has 0 atom stereocenters. The number of hydrogen-bond donors (Lipinski definition) is 0. The van der Waals surface area contributed by atoms with E-state index >= 15 is 0 Å². The summed E-state index contributed by atoms with van der Waals surface area (Å²) in [6.45, 7) is 4.77. The lowest BCUT2D eigenvalue weighted by atomic mass is 10.2. The lowest BCUT2D eigenvalue weighted by Gasteiger charge is -2.35. The van der Waals surface area contributed by atoms with Gasteiger partial charge in [0.15, 0.2) is 0 Å². The molecule has 0 bridgehead atoms. The van der Waals surface area contributed by atoms with Gasteiger partial charge in [0.25, 0.3) is 10.0 Å². The molecular weight excluding hydrogens is 514 g/mol. The van der Waals surface area contributed by atoms with Crippen LogP contribution >= 0.6 is 0 Å². The Labute approximate surface area is 231 Å². The molecule has 1 fully saturated rings. The lowest BCUT2D eigenvalue weighted by molar-refractivity contribution is -0.131. The van der Waals surface area contributed by atoms with Gasteiger partial charge in [0.2, 0.25) is 5.91 Å². The third-order valence-corrected chi connectivity index (χ3v) is 8.52. The molecule has 0 N–H and O–H groups in total. The van der Waals surface area contributed by atoms with Crippen LogP contribution in [0.4, 0.5) is 5.69 Å². The van der Waals surface area contributed by atoms with Crippen molar-refractivity contribution >= 4 is 27.7 Å². The maximum atomic E-state index is 14.0. The first-order valence-electron chi connectivity index (χ1n) is 12.8.